The van der Waals surface area contributed by atoms with Gasteiger partial charge in [0.2, 0.25) is 5.91 Å². The highest BCUT2D eigenvalue weighted by atomic mass is 16.2. The van der Waals surface area contributed by atoms with Crippen LogP contribution in [0.4, 0.5) is 5.69 Å². The van der Waals surface area contributed by atoms with Crippen molar-refractivity contribution in [3.8, 4) is 0 Å². The topological polar surface area (TPSA) is 90.9 Å². The van der Waals surface area contributed by atoms with Gasteiger partial charge in [0, 0.05) is 19.8 Å². The van der Waals surface area contributed by atoms with Crippen molar-refractivity contribution in [2.45, 2.75) is 25.8 Å². The molecule has 0 radical (unpaired) electrons. The van der Waals surface area contributed by atoms with Crippen LogP contribution < -0.4 is 16.6 Å². The Kier molecular flexibility index (Phi) is 3.75. The number of hydrogen-bond donors (Lipinski definition) is 1. The van der Waals surface area contributed by atoms with Gasteiger partial charge in [-0.15, -0.1) is 0 Å². The molecule has 3 aromatic rings. The van der Waals surface area contributed by atoms with Gasteiger partial charge in [0.15, 0.2) is 11.2 Å². The second-order valence-electron chi connectivity index (χ2n) is 6.64. The van der Waals surface area contributed by atoms with Crippen LogP contribution in [0.2, 0.25) is 0 Å². The first-order chi connectivity index (χ1) is 12.5. The summed E-state index contributed by atoms with van der Waals surface area (Å²) in [6, 6.07) is 5.96. The lowest BCUT2D eigenvalue weighted by molar-refractivity contribution is -0.116. The molecular weight excluding hydrogens is 334 g/mol. The third-order valence-corrected chi connectivity index (χ3v) is 4.91. The van der Waals surface area contributed by atoms with Crippen molar-refractivity contribution >= 4 is 22.8 Å². The number of anilines is 1. The number of benzene rings is 1. The van der Waals surface area contributed by atoms with E-state index < -0.39 is 11.2 Å². The fraction of sp³-hybridized carbons (Fsp3) is 0.333. The highest BCUT2D eigenvalue weighted by molar-refractivity contribution is 5.91. The van der Waals surface area contributed by atoms with Gasteiger partial charge in [-0.05, 0) is 42.5 Å². The van der Waals surface area contributed by atoms with Crippen LogP contribution in [0, 0.1) is 0 Å². The second kappa shape index (κ2) is 5.98. The highest BCUT2D eigenvalue weighted by Crippen LogP contribution is 2.24. The molecule has 0 saturated carbocycles. The molecule has 0 spiro atoms. The summed E-state index contributed by atoms with van der Waals surface area (Å²) in [5.41, 5.74) is 2.96. The summed E-state index contributed by atoms with van der Waals surface area (Å²) in [5, 5.41) is 2.87. The third kappa shape index (κ3) is 2.54. The maximum atomic E-state index is 12.4. The highest BCUT2D eigenvalue weighted by Gasteiger charge is 2.16. The normalized spacial score (nSPS) is 13.2. The second-order valence-corrected chi connectivity index (χ2v) is 6.64. The fourth-order valence-electron chi connectivity index (χ4n) is 3.52. The van der Waals surface area contributed by atoms with E-state index in [1.807, 2.05) is 12.1 Å². The van der Waals surface area contributed by atoms with E-state index in [2.05, 4.69) is 16.4 Å². The zero-order chi connectivity index (χ0) is 18.4. The van der Waals surface area contributed by atoms with E-state index in [1.54, 1.807) is 7.05 Å². The molecule has 0 saturated heterocycles. The van der Waals surface area contributed by atoms with Crippen molar-refractivity contribution in [2.24, 2.45) is 14.1 Å². The zero-order valence-corrected chi connectivity index (χ0v) is 14.7. The molecule has 2 heterocycles. The molecule has 0 bridgehead atoms. The standard InChI is InChI=1S/C18H19N5O3/c1-21-16-15(17(25)22(2)18(21)26)23(10-19-16)9-14(24)20-13-7-6-11-4-3-5-12(11)8-13/h6-8,10H,3-5,9H2,1-2H3,(H,20,24). The van der Waals surface area contributed by atoms with Gasteiger partial charge in [0.05, 0.1) is 6.33 Å². The number of rotatable bonds is 3. The lowest BCUT2D eigenvalue weighted by atomic mass is 10.1. The van der Waals surface area contributed by atoms with E-state index in [-0.39, 0.29) is 23.6 Å². The quantitative estimate of drug-likeness (QED) is 0.745. The first-order valence-electron chi connectivity index (χ1n) is 8.48. The molecule has 1 aliphatic carbocycles. The SMILES string of the molecule is Cn1c(=O)c2c(ncn2CC(=O)Nc2ccc3c(c2)CCC3)n(C)c1=O. The summed E-state index contributed by atoms with van der Waals surface area (Å²) < 4.78 is 3.78. The number of carbonyl (C=O) groups is 1. The van der Waals surface area contributed by atoms with Crippen LogP contribution in [-0.4, -0.2) is 24.6 Å². The van der Waals surface area contributed by atoms with Gasteiger partial charge in [0.25, 0.3) is 5.56 Å². The van der Waals surface area contributed by atoms with Crippen molar-refractivity contribution in [1.82, 2.24) is 18.7 Å². The Morgan fingerprint density at radius 3 is 2.73 bits per heavy atom. The van der Waals surface area contributed by atoms with E-state index >= 15 is 0 Å². The van der Waals surface area contributed by atoms with E-state index in [4.69, 9.17) is 0 Å². The minimum absolute atomic E-state index is 0.0545. The molecule has 8 heteroatoms. The maximum absolute atomic E-state index is 12.4. The molecule has 1 aromatic carbocycles. The smallest absolute Gasteiger partial charge is 0.325 e. The van der Waals surface area contributed by atoms with Gasteiger partial charge in [-0.3, -0.25) is 18.7 Å². The average molecular weight is 353 g/mol. The largest absolute Gasteiger partial charge is 0.332 e. The van der Waals surface area contributed by atoms with E-state index in [0.29, 0.717) is 0 Å². The molecule has 26 heavy (non-hydrogen) atoms. The van der Waals surface area contributed by atoms with Gasteiger partial charge in [-0.25, -0.2) is 9.78 Å². The molecule has 8 nitrogen and oxygen atoms in total. The first-order valence-corrected chi connectivity index (χ1v) is 8.48. The number of hydrogen-bond acceptors (Lipinski definition) is 4. The van der Waals surface area contributed by atoms with Crippen molar-refractivity contribution in [1.29, 1.82) is 0 Å². The Balaban J connectivity index is 1.62. The Labute approximate surface area is 148 Å². The number of aryl methyl sites for hydroxylation is 3. The Bertz CT molecular complexity index is 1150. The maximum Gasteiger partial charge on any atom is 0.332 e. The van der Waals surface area contributed by atoms with Gasteiger partial charge in [-0.2, -0.15) is 0 Å². The fourth-order valence-corrected chi connectivity index (χ4v) is 3.52. The van der Waals surface area contributed by atoms with Crippen LogP contribution in [0.3, 0.4) is 0 Å². The van der Waals surface area contributed by atoms with Crippen LogP contribution in [0.5, 0.6) is 0 Å². The van der Waals surface area contributed by atoms with E-state index in [0.717, 1.165) is 29.5 Å². The lowest BCUT2D eigenvalue weighted by Crippen LogP contribution is -2.37. The molecule has 1 amide bonds. The van der Waals surface area contributed by atoms with Crippen LogP contribution in [-0.2, 0) is 38.3 Å². The molecule has 0 atom stereocenters. The Morgan fingerprint density at radius 2 is 1.92 bits per heavy atom. The molecule has 1 N–H and O–H groups in total. The molecule has 2 aromatic heterocycles. The molecule has 134 valence electrons. The number of carbonyl (C=O) groups excluding carboxylic acids is 1. The number of fused-ring (bicyclic) bond motifs is 2. The third-order valence-electron chi connectivity index (χ3n) is 4.91. The van der Waals surface area contributed by atoms with Gasteiger partial charge in [-0.1, -0.05) is 6.07 Å². The molecule has 0 aliphatic heterocycles. The number of imidazole rings is 1. The molecule has 0 unspecified atom stereocenters. The van der Waals surface area contributed by atoms with Crippen LogP contribution >= 0.6 is 0 Å². The molecule has 1 aliphatic rings. The summed E-state index contributed by atoms with van der Waals surface area (Å²) in [5.74, 6) is -0.252. The van der Waals surface area contributed by atoms with Crippen molar-refractivity contribution in [3.05, 3.63) is 56.5 Å². The average Bonchev–Trinajstić information content (AvgIpc) is 3.24. The Morgan fingerprint density at radius 1 is 1.15 bits per heavy atom. The van der Waals surface area contributed by atoms with E-state index in [9.17, 15) is 14.4 Å². The van der Waals surface area contributed by atoms with Crippen molar-refractivity contribution in [3.63, 3.8) is 0 Å². The van der Waals surface area contributed by atoms with Gasteiger partial charge >= 0.3 is 5.69 Å². The van der Waals surface area contributed by atoms with Crippen LogP contribution in [0.1, 0.15) is 17.5 Å². The van der Waals surface area contributed by atoms with Crippen LogP contribution in [0.25, 0.3) is 11.2 Å². The number of aromatic nitrogens is 4. The molecule has 0 fully saturated rings. The van der Waals surface area contributed by atoms with Crippen molar-refractivity contribution in [2.75, 3.05) is 5.32 Å². The van der Waals surface area contributed by atoms with E-state index in [1.165, 1.54) is 33.6 Å². The van der Waals surface area contributed by atoms with Crippen molar-refractivity contribution < 1.29 is 4.79 Å². The first kappa shape index (κ1) is 16.3. The Hall–Kier alpha value is -3.16. The minimum Gasteiger partial charge on any atom is -0.325 e. The van der Waals surface area contributed by atoms with Gasteiger partial charge in [0.1, 0.15) is 6.54 Å². The summed E-state index contributed by atoms with van der Waals surface area (Å²) >= 11 is 0. The predicted octanol–water partition coefficient (Wildman–Crippen LogP) is 0.561. The summed E-state index contributed by atoms with van der Waals surface area (Å²) in [7, 11) is 2.96. The summed E-state index contributed by atoms with van der Waals surface area (Å²) in [6.45, 7) is -0.0545. The monoisotopic (exact) mass is 353 g/mol. The summed E-state index contributed by atoms with van der Waals surface area (Å²) in [4.78, 5) is 40.9. The molecular formula is C18H19N5O3. The zero-order valence-electron chi connectivity index (χ0n) is 14.7. The lowest BCUT2D eigenvalue weighted by Gasteiger charge is -2.09. The number of nitrogens with one attached hydrogen (secondary N) is 1. The summed E-state index contributed by atoms with van der Waals surface area (Å²) in [6.07, 6.45) is 4.69. The molecule has 4 rings (SSSR count). The number of nitrogens with zero attached hydrogens (tertiary/aromatic N) is 4. The van der Waals surface area contributed by atoms with Gasteiger partial charge < -0.3 is 9.88 Å². The predicted molar refractivity (Wildman–Crippen MR) is 97.3 cm³/mol. The minimum atomic E-state index is -0.467. The number of amides is 1. The van der Waals surface area contributed by atoms with Crippen LogP contribution in [0.15, 0.2) is 34.1 Å².